The van der Waals surface area contributed by atoms with E-state index in [2.05, 4.69) is 196 Å². The van der Waals surface area contributed by atoms with Crippen LogP contribution < -0.4 is 0 Å². The molecule has 12 aromatic heterocycles. The van der Waals surface area contributed by atoms with Gasteiger partial charge in [0.1, 0.15) is 42.8 Å². The largest absolute Gasteiger partial charge is 0.453 e. The lowest BCUT2D eigenvalue weighted by atomic mass is 10.1. The number of nitrogens with zero attached hydrogens (tertiary/aromatic N) is 2. The Bertz CT molecular complexity index is 6190. The van der Waals surface area contributed by atoms with Crippen LogP contribution in [0.25, 0.3) is 181 Å². The molecule has 0 aliphatic heterocycles. The summed E-state index contributed by atoms with van der Waals surface area (Å²) in [5, 5.41) is 8.76. The Labute approximate surface area is 479 Å². The molecule has 8 aromatic carbocycles. The van der Waals surface area contributed by atoms with E-state index in [-0.39, 0.29) is 0 Å². The number of hydrogen-bond acceptors (Lipinski definition) is 10. The van der Waals surface area contributed by atoms with E-state index < -0.39 is 0 Å². The molecule has 0 saturated heterocycles. The second-order valence-electron chi connectivity index (χ2n) is 22.4. The van der Waals surface area contributed by atoms with E-state index in [4.69, 9.17) is 26.5 Å². The number of rotatable bonds is 2. The molecule has 12 heterocycles. The van der Waals surface area contributed by atoms with Crippen molar-refractivity contribution in [2.45, 2.75) is 41.5 Å². The maximum absolute atomic E-state index is 6.73. The van der Waals surface area contributed by atoms with Crippen molar-refractivity contribution in [3.8, 4) is 11.4 Å². The molecule has 0 amide bonds. The molecule has 0 saturated carbocycles. The second kappa shape index (κ2) is 15.9. The highest BCUT2D eigenvalue weighted by molar-refractivity contribution is 7.28. The number of aromatic nitrogens is 2. The lowest BCUT2D eigenvalue weighted by molar-refractivity contribution is 0.654. The fourth-order valence-electron chi connectivity index (χ4n) is 12.9. The van der Waals surface area contributed by atoms with Gasteiger partial charge in [0.05, 0.1) is 35.9 Å². The van der Waals surface area contributed by atoms with Crippen molar-refractivity contribution in [3.05, 3.63) is 179 Å². The van der Waals surface area contributed by atoms with Crippen molar-refractivity contribution in [1.29, 1.82) is 0 Å². The summed E-state index contributed by atoms with van der Waals surface area (Å²) in [6.07, 6.45) is 0. The third-order valence-corrected chi connectivity index (χ3v) is 21.4. The predicted molar refractivity (Wildman–Crippen MR) is 345 cm³/mol. The molecule has 8 nitrogen and oxygen atoms in total. The van der Waals surface area contributed by atoms with E-state index in [1.54, 1.807) is 45.3 Å². The number of hydrogen-bond donors (Lipinski definition) is 0. The minimum atomic E-state index is 0.788. The van der Waals surface area contributed by atoms with Crippen molar-refractivity contribution in [3.63, 3.8) is 0 Å². The zero-order valence-electron chi connectivity index (χ0n) is 44.8. The average Bonchev–Trinajstić information content (AvgIpc) is 1.81. The van der Waals surface area contributed by atoms with E-state index in [1.807, 2.05) is 0 Å². The molecule has 0 spiro atoms. The third-order valence-electron chi connectivity index (χ3n) is 16.8. The van der Waals surface area contributed by atoms with Gasteiger partial charge in [-0.2, -0.15) is 0 Å². The average molecular weight is 1140 g/mol. The molecule has 0 aliphatic carbocycles. The summed E-state index contributed by atoms with van der Waals surface area (Å²) in [4.78, 5) is 0. The Balaban J connectivity index is 0.000000122. The van der Waals surface area contributed by atoms with Gasteiger partial charge in [0.15, 0.2) is 44.7 Å². The molecule has 0 bridgehead atoms. The molecule has 0 N–H and O–H groups in total. The van der Waals surface area contributed by atoms with Gasteiger partial charge in [0, 0.05) is 57.8 Å². The van der Waals surface area contributed by atoms with Crippen LogP contribution in [0, 0.1) is 41.5 Å². The van der Waals surface area contributed by atoms with Crippen LogP contribution >= 0.6 is 45.3 Å². The Kier molecular flexibility index (Phi) is 8.85. The third kappa shape index (κ3) is 6.08. The SMILES string of the molecule is Cc1ccc(-n2c3c4cc5oc6c(oc7c8ccc(C)cc8sc76)c5cc4oc3c3sc4cc(C)ccc4c32)cc1.Cc1ccc(-n2c3cc(C)ccc3c3sc4c5cc6oc7c(oc8c9ccc(C)cc9sc87)c6cc5oc4c32)cc1. The summed E-state index contributed by atoms with van der Waals surface area (Å²) in [5.74, 6) is 0. The highest BCUT2D eigenvalue weighted by atomic mass is 32.1. The van der Waals surface area contributed by atoms with Crippen molar-refractivity contribution in [2.75, 3.05) is 0 Å². The first-order valence-electron chi connectivity index (χ1n) is 27.3. The molecule has 0 fully saturated rings. The van der Waals surface area contributed by atoms with Gasteiger partial charge >= 0.3 is 0 Å². The van der Waals surface area contributed by atoms with Crippen molar-refractivity contribution in [2.24, 2.45) is 0 Å². The monoisotopic (exact) mass is 1130 g/mol. The molecule has 0 radical (unpaired) electrons. The molecule has 0 aliphatic rings. The standard InChI is InChI=1S/2C35H21NO3S2/c1-16-4-8-19(9-5-16)36-28-22-14-25-23(30-33(38-25)35-31(39-30)21-11-7-18(3)13-27(21)41-35)15-24(22)37-32(28)34-29(36)20-10-6-17(2)12-26(20)40-34;1-16-4-8-19(9-5-16)36-24-12-17(2)6-10-20(24)33-28(36)31-34(41-33)23-15-25-22(14-26(23)37-31)29-32(38-25)35-30(39-29)21-11-7-18(3)13-27(21)40-35/h2*4-15H,1-3H3. The normalized spacial score (nSPS) is 12.8. The van der Waals surface area contributed by atoms with Gasteiger partial charge in [-0.15, -0.1) is 45.3 Å². The Morgan fingerprint density at radius 3 is 1.27 bits per heavy atom. The van der Waals surface area contributed by atoms with Crippen LogP contribution in [0.3, 0.4) is 0 Å². The molecule has 20 rings (SSSR count). The Hall–Kier alpha value is -9.04. The number of fused-ring (bicyclic) bond motifs is 28. The number of aryl methyl sites for hydroxylation is 6. The van der Waals surface area contributed by atoms with E-state index in [1.165, 1.54) is 78.7 Å². The lowest BCUT2D eigenvalue weighted by Crippen LogP contribution is -1.93. The zero-order chi connectivity index (χ0) is 54.3. The van der Waals surface area contributed by atoms with Gasteiger partial charge in [0.25, 0.3) is 0 Å². The van der Waals surface area contributed by atoms with Crippen LogP contribution in [0.1, 0.15) is 33.4 Å². The van der Waals surface area contributed by atoms with E-state index in [0.29, 0.717) is 0 Å². The summed E-state index contributed by atoms with van der Waals surface area (Å²) in [7, 11) is 0. The van der Waals surface area contributed by atoms with Gasteiger partial charge in [0.2, 0.25) is 0 Å². The van der Waals surface area contributed by atoms with Crippen LogP contribution in [0.4, 0.5) is 0 Å². The fraction of sp³-hybridized carbons (Fsp3) is 0.0857. The van der Waals surface area contributed by atoms with Crippen LogP contribution in [0.5, 0.6) is 0 Å². The molecule has 0 unspecified atom stereocenters. The zero-order valence-corrected chi connectivity index (χ0v) is 48.1. The molecule has 0 atom stereocenters. The molecule has 392 valence electrons. The Morgan fingerprint density at radius 1 is 0.256 bits per heavy atom. The van der Waals surface area contributed by atoms with E-state index in [9.17, 15) is 0 Å². The van der Waals surface area contributed by atoms with Gasteiger partial charge in [-0.25, -0.2) is 0 Å². The summed E-state index contributed by atoms with van der Waals surface area (Å²) in [5.41, 5.74) is 24.5. The van der Waals surface area contributed by atoms with Crippen LogP contribution in [-0.4, -0.2) is 9.13 Å². The van der Waals surface area contributed by atoms with Gasteiger partial charge in [-0.05, 0) is 149 Å². The van der Waals surface area contributed by atoms with Crippen LogP contribution in [-0.2, 0) is 0 Å². The number of benzene rings is 8. The molecule has 20 aromatic rings. The maximum atomic E-state index is 6.73. The minimum absolute atomic E-state index is 0.788. The first-order valence-corrected chi connectivity index (χ1v) is 30.6. The highest BCUT2D eigenvalue weighted by Gasteiger charge is 2.29. The first-order chi connectivity index (χ1) is 40.0. The molecular weight excluding hydrogens is 1090 g/mol. The quantitative estimate of drug-likeness (QED) is 0.171. The molecular formula is C70H42N2O6S4. The van der Waals surface area contributed by atoms with Crippen LogP contribution in [0.15, 0.2) is 172 Å². The van der Waals surface area contributed by atoms with Crippen molar-refractivity contribution in [1.82, 2.24) is 9.13 Å². The maximum Gasteiger partial charge on any atom is 0.191 e. The van der Waals surface area contributed by atoms with Crippen molar-refractivity contribution < 1.29 is 26.5 Å². The van der Waals surface area contributed by atoms with Crippen molar-refractivity contribution >= 4 is 215 Å². The summed E-state index contributed by atoms with van der Waals surface area (Å²) >= 11 is 7.06. The van der Waals surface area contributed by atoms with Gasteiger partial charge in [-0.1, -0.05) is 71.8 Å². The van der Waals surface area contributed by atoms with Gasteiger partial charge in [-0.3, -0.25) is 0 Å². The highest BCUT2D eigenvalue weighted by Crippen LogP contribution is 2.52. The van der Waals surface area contributed by atoms with Crippen LogP contribution in [0.2, 0.25) is 0 Å². The van der Waals surface area contributed by atoms with E-state index in [0.717, 1.165) is 136 Å². The lowest BCUT2D eigenvalue weighted by Gasteiger charge is -2.08. The summed E-state index contributed by atoms with van der Waals surface area (Å²) in [6, 6.07) is 52.3. The summed E-state index contributed by atoms with van der Waals surface area (Å²) < 4.78 is 53.6. The Morgan fingerprint density at radius 2 is 0.683 bits per heavy atom. The molecule has 12 heteroatoms. The number of thiophene rings is 4. The smallest absolute Gasteiger partial charge is 0.191 e. The second-order valence-corrected chi connectivity index (χ2v) is 26.6. The first kappa shape index (κ1) is 45.7. The van der Waals surface area contributed by atoms with E-state index >= 15 is 0 Å². The van der Waals surface area contributed by atoms with Gasteiger partial charge < -0.3 is 35.6 Å². The topological polar surface area (TPSA) is 88.7 Å². The number of furan rings is 6. The fourth-order valence-corrected chi connectivity index (χ4v) is 17.8. The predicted octanol–water partition coefficient (Wildman–Crippen LogP) is 23.1. The minimum Gasteiger partial charge on any atom is -0.453 e. The summed E-state index contributed by atoms with van der Waals surface area (Å²) in [6.45, 7) is 12.8. The molecule has 82 heavy (non-hydrogen) atoms.